The highest BCUT2D eigenvalue weighted by molar-refractivity contribution is 6.35. The summed E-state index contributed by atoms with van der Waals surface area (Å²) in [7, 11) is 2.98. The van der Waals surface area contributed by atoms with Gasteiger partial charge in [0.1, 0.15) is 57.6 Å². The second-order valence-corrected chi connectivity index (χ2v) is 28.4. The number of hydrogen-bond donors (Lipinski definition) is 7. The number of nitrogens with zero attached hydrogens (tertiary/aromatic N) is 9. The maximum Gasteiger partial charge on any atom is 0.418 e. The van der Waals surface area contributed by atoms with E-state index in [2.05, 4.69) is 84.8 Å². The van der Waals surface area contributed by atoms with Crippen LogP contribution in [-0.4, -0.2) is 116 Å². The molecule has 0 aliphatic heterocycles. The molecule has 142 heavy (non-hydrogen) atoms. The maximum absolute atomic E-state index is 14.0. The van der Waals surface area contributed by atoms with E-state index in [1.807, 2.05) is 0 Å². The normalized spacial score (nSPS) is 11.3. The molecule has 9 N–H and O–H groups in total. The van der Waals surface area contributed by atoms with Crippen LogP contribution in [-0.2, 0) is 62.2 Å². The summed E-state index contributed by atoms with van der Waals surface area (Å²) >= 11 is 5.88. The second-order valence-electron chi connectivity index (χ2n) is 28.0. The number of amides is 2. The van der Waals surface area contributed by atoms with Crippen molar-refractivity contribution >= 4 is 96.0 Å². The van der Waals surface area contributed by atoms with Gasteiger partial charge in [-0.25, -0.2) is 49.5 Å². The standard InChI is InChI=1S/C26H20F6N4O3.C20H15F5N2O4.C18H12F6N4O2.C14H9ClF5NO3.C6H7FN2.C6H3FN2/c1-38-16-7-5-14(6-8-16)12-33-20-11-21(24(37)34-13-15-3-2-4-22(27)35-15)36-23-18(20)9-17(39-25(28)29)10-19(23)26(30,31)32;1-30-11-4-2-10(3-5-11)9-26-15-8-16(18(28)29)27-17-13(15)6-12(31-19(21)22)7-14(17)20(23,24)25;19-14-3-1-2-8(27-14)7-26-16(29)13-6-12(25)10-4-9(30-17(20)21)5-11(15(10)28-13)18(22,23)24;1-2-23-12(22)10-5-9(15)7-3-6(24-13(16)17)4-8(11(7)21-10)14(18,19)20;2*7-6-3-1-2-5(4-8)9-6/h2-11,25H,12-13H2,1H3,(H,33,36)(H,34,37);2-8,19H,9H2,1H3,(H,26,27)(H,28,29);1-6,17H,7H2,(H2,25,28)(H,26,29);3-5,13H,2H2,1H3;1-3H,4,8H2;1-3H. The number of methoxy groups -OCH3 is 2. The predicted molar refractivity (Wildman–Crippen MR) is 458 cm³/mol. The van der Waals surface area contributed by atoms with Gasteiger partial charge in [0.05, 0.1) is 100 Å². The third kappa shape index (κ3) is 31.6. The number of nitriles is 1. The Morgan fingerprint density at radius 2 is 0.739 bits per heavy atom. The number of halogens is 25. The molecule has 0 spiro atoms. The Morgan fingerprint density at radius 3 is 1.08 bits per heavy atom. The molecule has 52 heteroatoms. The van der Waals surface area contributed by atoms with Gasteiger partial charge in [-0.3, -0.25) is 9.59 Å². The summed E-state index contributed by atoms with van der Waals surface area (Å²) in [5, 5.41) is 26.7. The fraction of sp³-hybridized carbons (Fsp3) is 0.189. The summed E-state index contributed by atoms with van der Waals surface area (Å²) in [4.78, 5) is 77.0. The fourth-order valence-corrected chi connectivity index (χ4v) is 12.5. The van der Waals surface area contributed by atoms with Crippen LogP contribution in [0.2, 0.25) is 5.02 Å². The minimum absolute atomic E-state index is 0.00932. The molecule has 0 bridgehead atoms. The molecule has 0 radical (unpaired) electrons. The zero-order valence-corrected chi connectivity index (χ0v) is 72.8. The number of carbonyl (C=O) groups is 4. The van der Waals surface area contributed by atoms with Crippen molar-refractivity contribution in [1.82, 2.24) is 50.5 Å². The average molecular weight is 2040 g/mol. The highest BCUT2D eigenvalue weighted by atomic mass is 35.5. The monoisotopic (exact) mass is 2040 g/mol. The quantitative estimate of drug-likeness (QED) is 0.0150. The molecule has 0 aliphatic carbocycles. The lowest BCUT2D eigenvalue weighted by Crippen LogP contribution is -2.25. The van der Waals surface area contributed by atoms with Gasteiger partial charge in [-0.15, -0.1) is 0 Å². The number of carboxylic acids is 1. The molecule has 0 fully saturated rings. The number of aromatic carboxylic acids is 1. The minimum Gasteiger partial charge on any atom is -0.497 e. The number of esters is 1. The highest BCUT2D eigenvalue weighted by Gasteiger charge is 2.40. The first-order chi connectivity index (χ1) is 66.9. The van der Waals surface area contributed by atoms with Gasteiger partial charge in [0.2, 0.25) is 23.8 Å². The van der Waals surface area contributed by atoms with Gasteiger partial charge < -0.3 is 71.0 Å². The molecule has 2 amide bonds. The maximum atomic E-state index is 14.0. The number of nitrogens with two attached hydrogens (primary N) is 2. The fourth-order valence-electron chi connectivity index (χ4n) is 12.2. The Balaban J connectivity index is 0.000000201. The first-order valence-electron chi connectivity index (χ1n) is 39.7. The average Bonchev–Trinajstić information content (AvgIpc) is 0.792. The van der Waals surface area contributed by atoms with Crippen molar-refractivity contribution in [2.75, 3.05) is 37.2 Å². The lowest BCUT2D eigenvalue weighted by Gasteiger charge is -2.17. The second kappa shape index (κ2) is 48.8. The number of carboxylic acid groups (broad SMARTS) is 1. The van der Waals surface area contributed by atoms with Crippen molar-refractivity contribution < 1.29 is 163 Å². The summed E-state index contributed by atoms with van der Waals surface area (Å²) in [6.07, 6.45) is -19.9. The van der Waals surface area contributed by atoms with E-state index < -0.39 is 189 Å². The molecule has 0 aliphatic rings. The van der Waals surface area contributed by atoms with Crippen LogP contribution in [0.15, 0.2) is 194 Å². The van der Waals surface area contributed by atoms with E-state index in [-0.39, 0.29) is 100 Å². The van der Waals surface area contributed by atoms with Crippen molar-refractivity contribution in [1.29, 1.82) is 5.26 Å². The third-order valence-corrected chi connectivity index (χ3v) is 18.6. The van der Waals surface area contributed by atoms with Crippen LogP contribution in [0.5, 0.6) is 34.5 Å². The Labute approximate surface area is 787 Å². The Kier molecular flexibility index (Phi) is 37.6. The Morgan fingerprint density at radius 1 is 0.408 bits per heavy atom. The van der Waals surface area contributed by atoms with Crippen LogP contribution in [0.4, 0.5) is 122 Å². The molecule has 14 aromatic rings. The molecule has 0 saturated heterocycles. The molecule has 0 saturated carbocycles. The smallest absolute Gasteiger partial charge is 0.418 e. The van der Waals surface area contributed by atoms with Gasteiger partial charge in [-0.05, 0) is 164 Å². The Bertz CT molecular complexity index is 6860. The topological polar surface area (TPSA) is 380 Å². The van der Waals surface area contributed by atoms with Gasteiger partial charge >= 0.3 is 63.1 Å². The summed E-state index contributed by atoms with van der Waals surface area (Å²) in [6, 6.07) is 41.1. The van der Waals surface area contributed by atoms with Crippen molar-refractivity contribution in [3.05, 3.63) is 302 Å². The number of fused-ring (bicyclic) bond motifs is 4. The Hall–Kier alpha value is -16.3. The molecule has 8 aromatic heterocycles. The van der Waals surface area contributed by atoms with Gasteiger partial charge in [-0.2, -0.15) is 111 Å². The van der Waals surface area contributed by atoms with Crippen molar-refractivity contribution in [2.45, 2.75) is 90.8 Å². The van der Waals surface area contributed by atoms with Crippen LogP contribution < -0.4 is 61.2 Å². The van der Waals surface area contributed by atoms with E-state index >= 15 is 0 Å². The SMILES string of the molecule is CCOC(=O)c1cc(Cl)c2cc(OC(F)F)cc(C(F)(F)F)c2n1.COc1ccc(CNc2cc(C(=O)NCc3cccc(F)n3)nc3c(C(F)(F)F)cc(OC(F)F)cc23)cc1.COc1ccc(CNc2cc(C(=O)O)nc3c(C(F)(F)F)cc(OC(F)F)cc23)cc1.N#Cc1cccc(F)n1.NCc1cccc(F)n1.Nc1cc(C(=O)NCc2cccc(F)n2)nc2c(C(F)(F)F)cc(OC(F)F)cc12. The molecule has 27 nitrogen and oxygen atoms in total. The molecule has 14 rings (SSSR count). The van der Waals surface area contributed by atoms with Crippen molar-refractivity contribution in [2.24, 2.45) is 5.73 Å². The van der Waals surface area contributed by atoms with E-state index in [0.717, 1.165) is 54.6 Å². The molecular weight excluding hydrogens is 1970 g/mol. The number of benzene rings is 6. The number of carbonyl (C=O) groups excluding carboxylic acids is 3. The van der Waals surface area contributed by atoms with Gasteiger partial charge in [0.15, 0.2) is 11.4 Å². The van der Waals surface area contributed by atoms with Gasteiger partial charge in [0.25, 0.3) is 11.8 Å². The number of hydrogen-bond acceptors (Lipinski definition) is 24. The number of aromatic nitrogens is 8. The van der Waals surface area contributed by atoms with E-state index in [9.17, 15) is 130 Å². The molecule has 0 unspecified atom stereocenters. The van der Waals surface area contributed by atoms with Crippen LogP contribution in [0, 0.1) is 35.1 Å². The number of pyridine rings is 8. The number of ether oxygens (including phenoxy) is 7. The summed E-state index contributed by atoms with van der Waals surface area (Å²) in [5.41, 5.74) is 2.86. The van der Waals surface area contributed by atoms with Crippen molar-refractivity contribution in [3.8, 4) is 40.6 Å². The molecule has 6 aromatic carbocycles. The molecule has 8 heterocycles. The summed E-state index contributed by atoms with van der Waals surface area (Å²) in [6.45, 7) is -11.8. The van der Waals surface area contributed by atoms with Crippen LogP contribution in [0.25, 0.3) is 43.6 Å². The molecule has 0 atom stereocenters. The van der Waals surface area contributed by atoms with E-state index in [1.54, 1.807) is 66.7 Å². The minimum atomic E-state index is -5.01. The van der Waals surface area contributed by atoms with Crippen LogP contribution >= 0.6 is 11.6 Å². The zero-order valence-electron chi connectivity index (χ0n) is 72.1. The van der Waals surface area contributed by atoms with E-state index in [1.165, 1.54) is 75.7 Å². The van der Waals surface area contributed by atoms with Crippen LogP contribution in [0.1, 0.15) is 105 Å². The molecule has 748 valence electrons. The van der Waals surface area contributed by atoms with E-state index in [4.69, 9.17) is 37.8 Å². The van der Waals surface area contributed by atoms with Crippen molar-refractivity contribution in [3.63, 3.8) is 0 Å². The summed E-state index contributed by atoms with van der Waals surface area (Å²) in [5.74, 6) is -8.65. The molecular formula is C90H66ClF24N15O12. The number of alkyl halides is 20. The van der Waals surface area contributed by atoms with E-state index in [0.29, 0.717) is 52.6 Å². The summed E-state index contributed by atoms with van der Waals surface area (Å²) < 4.78 is 345. The third-order valence-electron chi connectivity index (χ3n) is 18.3. The number of rotatable bonds is 26. The highest BCUT2D eigenvalue weighted by Crippen LogP contribution is 2.45. The first-order valence-corrected chi connectivity index (χ1v) is 40.0. The predicted octanol–water partition coefficient (Wildman–Crippen LogP) is 21.5. The first kappa shape index (κ1) is 109. The number of nitrogens with one attached hydrogen (secondary N) is 4. The largest absolute Gasteiger partial charge is 0.497 e. The number of nitrogen functional groups attached to an aromatic ring is 1. The van der Waals surface area contributed by atoms with Gasteiger partial charge in [0, 0.05) is 58.2 Å². The number of anilines is 3. The van der Waals surface area contributed by atoms with Gasteiger partial charge in [-0.1, -0.05) is 60.1 Å². The zero-order chi connectivity index (χ0) is 104. The van der Waals surface area contributed by atoms with Crippen LogP contribution in [0.3, 0.4) is 0 Å². The lowest BCUT2D eigenvalue weighted by molar-refractivity contribution is -0.137. The lowest BCUT2D eigenvalue weighted by atomic mass is 10.1.